The minimum atomic E-state index is -0.569. The van der Waals surface area contributed by atoms with Crippen molar-refractivity contribution in [1.82, 2.24) is 4.98 Å². The molecule has 0 N–H and O–H groups in total. The molecule has 0 unspecified atom stereocenters. The molecule has 1 aromatic heterocycles. The Morgan fingerprint density at radius 2 is 2.12 bits per heavy atom. The van der Waals surface area contributed by atoms with Gasteiger partial charge in [-0.25, -0.2) is 9.37 Å². The monoisotopic (exact) mass is 248 g/mol. The van der Waals surface area contributed by atoms with Crippen LogP contribution in [-0.2, 0) is 0 Å². The van der Waals surface area contributed by atoms with Gasteiger partial charge in [0, 0.05) is 12.1 Å². The Bertz CT molecular complexity index is 595. The normalized spacial score (nSPS) is 9.71. The summed E-state index contributed by atoms with van der Waals surface area (Å²) in [7, 11) is 0. The molecular weight excluding hydrogens is 243 g/mol. The van der Waals surface area contributed by atoms with Gasteiger partial charge < -0.3 is 4.74 Å². The number of benzene rings is 1. The summed E-state index contributed by atoms with van der Waals surface area (Å²) >= 11 is 5.54. The van der Waals surface area contributed by atoms with Gasteiger partial charge in [-0.2, -0.15) is 5.26 Å². The third kappa shape index (κ3) is 2.71. The molecule has 0 fully saturated rings. The molecule has 0 saturated heterocycles. The van der Waals surface area contributed by atoms with E-state index in [0.29, 0.717) is 0 Å². The molecule has 17 heavy (non-hydrogen) atoms. The maximum absolute atomic E-state index is 13.1. The maximum Gasteiger partial charge on any atom is 0.220 e. The van der Waals surface area contributed by atoms with E-state index in [4.69, 9.17) is 21.6 Å². The van der Waals surface area contributed by atoms with E-state index in [1.54, 1.807) is 18.2 Å². The van der Waals surface area contributed by atoms with Crippen molar-refractivity contribution in [3.8, 4) is 17.7 Å². The molecule has 5 heteroatoms. The van der Waals surface area contributed by atoms with E-state index in [1.807, 2.05) is 6.07 Å². The zero-order valence-electron chi connectivity index (χ0n) is 8.52. The lowest BCUT2D eigenvalue weighted by atomic mass is 10.3. The second-order valence-electron chi connectivity index (χ2n) is 3.15. The number of ether oxygens (including phenoxy) is 1. The van der Waals surface area contributed by atoms with E-state index in [1.165, 1.54) is 12.1 Å². The smallest absolute Gasteiger partial charge is 0.220 e. The standard InChI is InChI=1S/C12H6ClFN2O/c13-10-5-4-9(6-11(10)14)17-12-3-1-2-8(7-15)16-12/h1-6H. The Kier molecular flexibility index (Phi) is 3.22. The highest BCUT2D eigenvalue weighted by Gasteiger charge is 2.04. The topological polar surface area (TPSA) is 45.9 Å². The highest BCUT2D eigenvalue weighted by atomic mass is 35.5. The van der Waals surface area contributed by atoms with Gasteiger partial charge in [0.05, 0.1) is 5.02 Å². The Labute approximate surface area is 102 Å². The van der Waals surface area contributed by atoms with E-state index in [0.717, 1.165) is 6.07 Å². The quantitative estimate of drug-likeness (QED) is 0.817. The largest absolute Gasteiger partial charge is 0.439 e. The third-order valence-corrected chi connectivity index (χ3v) is 2.26. The van der Waals surface area contributed by atoms with Crippen LogP contribution in [0.15, 0.2) is 36.4 Å². The molecule has 0 aliphatic heterocycles. The van der Waals surface area contributed by atoms with Gasteiger partial charge in [-0.15, -0.1) is 0 Å². The molecule has 0 aliphatic carbocycles. The van der Waals surface area contributed by atoms with Gasteiger partial charge in [0.1, 0.15) is 23.3 Å². The molecule has 3 nitrogen and oxygen atoms in total. The molecule has 2 aromatic rings. The van der Waals surface area contributed by atoms with E-state index in [2.05, 4.69) is 4.98 Å². The van der Waals surface area contributed by atoms with Crippen molar-refractivity contribution < 1.29 is 9.13 Å². The summed E-state index contributed by atoms with van der Waals surface area (Å²) in [6.45, 7) is 0. The van der Waals surface area contributed by atoms with E-state index in [-0.39, 0.29) is 22.3 Å². The average molecular weight is 249 g/mol. The number of aromatic nitrogens is 1. The van der Waals surface area contributed by atoms with E-state index >= 15 is 0 Å². The highest BCUT2D eigenvalue weighted by Crippen LogP contribution is 2.24. The number of nitrogens with zero attached hydrogens (tertiary/aromatic N) is 2. The molecule has 0 amide bonds. The molecular formula is C12H6ClFN2O. The number of pyridine rings is 1. The zero-order chi connectivity index (χ0) is 12.3. The van der Waals surface area contributed by atoms with Crippen molar-refractivity contribution in [2.24, 2.45) is 0 Å². The minimum Gasteiger partial charge on any atom is -0.439 e. The van der Waals surface area contributed by atoms with E-state index < -0.39 is 5.82 Å². The summed E-state index contributed by atoms with van der Waals surface area (Å²) in [6.07, 6.45) is 0. The fraction of sp³-hybridized carbons (Fsp3) is 0. The predicted octanol–water partition coefficient (Wildman–Crippen LogP) is 3.54. The first-order valence-electron chi connectivity index (χ1n) is 4.69. The van der Waals surface area contributed by atoms with Crippen molar-refractivity contribution in [2.75, 3.05) is 0 Å². The molecule has 0 aliphatic rings. The van der Waals surface area contributed by atoms with Gasteiger partial charge in [0.25, 0.3) is 0 Å². The third-order valence-electron chi connectivity index (χ3n) is 1.95. The predicted molar refractivity (Wildman–Crippen MR) is 60.4 cm³/mol. The molecule has 0 bridgehead atoms. The first-order chi connectivity index (χ1) is 8.19. The Balaban J connectivity index is 2.25. The summed E-state index contributed by atoms with van der Waals surface area (Å²) < 4.78 is 18.4. The van der Waals surface area contributed by atoms with Crippen LogP contribution in [0.5, 0.6) is 11.6 Å². The molecule has 0 spiro atoms. The van der Waals surface area contributed by atoms with Crippen molar-refractivity contribution in [3.63, 3.8) is 0 Å². The van der Waals surface area contributed by atoms with Crippen molar-refractivity contribution >= 4 is 11.6 Å². The van der Waals surface area contributed by atoms with Crippen LogP contribution in [0.2, 0.25) is 5.02 Å². The van der Waals surface area contributed by atoms with Gasteiger partial charge in [-0.05, 0) is 18.2 Å². The lowest BCUT2D eigenvalue weighted by molar-refractivity contribution is 0.457. The zero-order valence-corrected chi connectivity index (χ0v) is 9.28. The second-order valence-corrected chi connectivity index (χ2v) is 3.56. The van der Waals surface area contributed by atoms with Crippen LogP contribution in [0.1, 0.15) is 5.69 Å². The van der Waals surface area contributed by atoms with Crippen LogP contribution in [0.25, 0.3) is 0 Å². The van der Waals surface area contributed by atoms with Crippen molar-refractivity contribution in [3.05, 3.63) is 52.9 Å². The molecule has 0 saturated carbocycles. The Morgan fingerprint density at radius 3 is 2.82 bits per heavy atom. The number of hydrogen-bond acceptors (Lipinski definition) is 3. The summed E-state index contributed by atoms with van der Waals surface area (Å²) in [4.78, 5) is 3.90. The first kappa shape index (κ1) is 11.4. The lowest BCUT2D eigenvalue weighted by Crippen LogP contribution is -1.90. The Hall–Kier alpha value is -2.12. The van der Waals surface area contributed by atoms with Gasteiger partial charge in [0.2, 0.25) is 5.88 Å². The summed E-state index contributed by atoms with van der Waals surface area (Å²) in [5.74, 6) is -0.0686. The fourth-order valence-electron chi connectivity index (χ4n) is 1.20. The highest BCUT2D eigenvalue weighted by molar-refractivity contribution is 6.30. The Morgan fingerprint density at radius 1 is 1.29 bits per heavy atom. The molecule has 0 atom stereocenters. The van der Waals surface area contributed by atoms with Gasteiger partial charge in [0.15, 0.2) is 0 Å². The van der Waals surface area contributed by atoms with Crippen LogP contribution in [0, 0.1) is 17.1 Å². The first-order valence-corrected chi connectivity index (χ1v) is 5.07. The van der Waals surface area contributed by atoms with E-state index in [9.17, 15) is 4.39 Å². The van der Waals surface area contributed by atoms with Crippen LogP contribution in [0.4, 0.5) is 4.39 Å². The molecule has 1 heterocycles. The van der Waals surface area contributed by atoms with Gasteiger partial charge in [-0.1, -0.05) is 17.7 Å². The van der Waals surface area contributed by atoms with Crippen molar-refractivity contribution in [2.45, 2.75) is 0 Å². The number of nitriles is 1. The van der Waals surface area contributed by atoms with Gasteiger partial charge >= 0.3 is 0 Å². The summed E-state index contributed by atoms with van der Waals surface area (Å²) in [6, 6.07) is 10.7. The maximum atomic E-state index is 13.1. The second kappa shape index (κ2) is 4.81. The van der Waals surface area contributed by atoms with Crippen LogP contribution in [-0.4, -0.2) is 4.98 Å². The fourth-order valence-corrected chi connectivity index (χ4v) is 1.31. The SMILES string of the molecule is N#Cc1cccc(Oc2ccc(Cl)c(F)c2)n1. The van der Waals surface area contributed by atoms with Gasteiger partial charge in [-0.3, -0.25) is 0 Å². The lowest BCUT2D eigenvalue weighted by Gasteiger charge is -2.05. The molecule has 84 valence electrons. The number of rotatable bonds is 2. The number of hydrogen-bond donors (Lipinski definition) is 0. The molecule has 0 radical (unpaired) electrons. The van der Waals surface area contributed by atoms with Crippen LogP contribution < -0.4 is 4.74 Å². The van der Waals surface area contributed by atoms with Crippen LogP contribution in [0.3, 0.4) is 0 Å². The minimum absolute atomic E-state index is 0.0242. The van der Waals surface area contributed by atoms with Crippen LogP contribution >= 0.6 is 11.6 Å². The summed E-state index contributed by atoms with van der Waals surface area (Å²) in [5, 5.41) is 8.69. The average Bonchev–Trinajstić information content (AvgIpc) is 2.34. The summed E-state index contributed by atoms with van der Waals surface area (Å²) in [5.41, 5.74) is 0.233. The molecule has 2 rings (SSSR count). The number of halogens is 2. The van der Waals surface area contributed by atoms with Crippen molar-refractivity contribution in [1.29, 1.82) is 5.26 Å². The molecule has 1 aromatic carbocycles.